The second-order valence-electron chi connectivity index (χ2n) is 4.86. The molecule has 4 nitrogen and oxygen atoms in total. The Kier molecular flexibility index (Phi) is 5.13. The van der Waals surface area contributed by atoms with Crippen LogP contribution in [0.2, 0.25) is 5.02 Å². The van der Waals surface area contributed by atoms with Gasteiger partial charge in [-0.1, -0.05) is 29.8 Å². The van der Waals surface area contributed by atoms with Crippen LogP contribution in [-0.4, -0.2) is 5.11 Å². The lowest BCUT2D eigenvalue weighted by Crippen LogP contribution is -1.82. The Hall–Kier alpha value is -2.37. The molecule has 24 heavy (non-hydrogen) atoms. The Bertz CT molecular complexity index is 868. The lowest BCUT2D eigenvalue weighted by Gasteiger charge is -2.05. The maximum absolute atomic E-state index is 9.93. The molecule has 1 N–H and O–H groups in total. The molecule has 3 aromatic rings. The fourth-order valence-corrected chi connectivity index (χ4v) is 2.74. The smallest absolute Gasteiger partial charge is 0.157 e. The van der Waals surface area contributed by atoms with Gasteiger partial charge >= 0.3 is 0 Å². The maximum Gasteiger partial charge on any atom is 0.157 e. The van der Waals surface area contributed by atoms with Gasteiger partial charge < -0.3 is 9.84 Å². The molecule has 0 heterocycles. The molecule has 0 bridgehead atoms. The van der Waals surface area contributed by atoms with E-state index in [2.05, 4.69) is 26.2 Å². The van der Waals surface area contributed by atoms with E-state index >= 15 is 0 Å². The highest BCUT2D eigenvalue weighted by atomic mass is 79.9. The van der Waals surface area contributed by atoms with Crippen molar-refractivity contribution in [1.82, 2.24) is 0 Å². The number of hydrogen-bond donors (Lipinski definition) is 1. The van der Waals surface area contributed by atoms with Gasteiger partial charge in [-0.25, -0.2) is 0 Å². The van der Waals surface area contributed by atoms with Gasteiger partial charge in [0.25, 0.3) is 0 Å². The average Bonchev–Trinajstić information content (AvgIpc) is 2.59. The SMILES string of the molecule is Oc1c(Br)cc(Cl)cc1N=Nc1ccc(Oc2ccccc2)cc1. The highest BCUT2D eigenvalue weighted by Gasteiger charge is 2.06. The fourth-order valence-electron chi connectivity index (χ4n) is 1.95. The molecule has 3 aromatic carbocycles. The summed E-state index contributed by atoms with van der Waals surface area (Å²) in [5, 5.41) is 18.5. The number of para-hydroxylation sites is 1. The minimum atomic E-state index is -0.00724. The lowest BCUT2D eigenvalue weighted by molar-refractivity contribution is 0.473. The van der Waals surface area contributed by atoms with Crippen LogP contribution in [0.1, 0.15) is 0 Å². The van der Waals surface area contributed by atoms with E-state index in [1.54, 1.807) is 30.3 Å². The molecule has 0 aliphatic heterocycles. The summed E-state index contributed by atoms with van der Waals surface area (Å²) in [5.41, 5.74) is 0.921. The van der Waals surface area contributed by atoms with Crippen LogP contribution in [0.25, 0.3) is 0 Å². The minimum Gasteiger partial charge on any atom is -0.505 e. The maximum atomic E-state index is 9.93. The van der Waals surface area contributed by atoms with Crippen LogP contribution >= 0.6 is 27.5 Å². The number of aromatic hydroxyl groups is 1. The Balaban J connectivity index is 1.75. The van der Waals surface area contributed by atoms with Gasteiger partial charge in [-0.15, -0.1) is 5.11 Å². The van der Waals surface area contributed by atoms with Gasteiger partial charge in [0.2, 0.25) is 0 Å². The molecule has 3 rings (SSSR count). The van der Waals surface area contributed by atoms with Crippen molar-refractivity contribution in [1.29, 1.82) is 0 Å². The Morgan fingerprint density at radius 1 is 0.875 bits per heavy atom. The molecule has 0 aliphatic carbocycles. The third-order valence-corrected chi connectivity index (χ3v) is 3.92. The van der Waals surface area contributed by atoms with Crippen molar-refractivity contribution in [2.24, 2.45) is 10.2 Å². The fraction of sp³-hybridized carbons (Fsp3) is 0. The number of nitrogens with zero attached hydrogens (tertiary/aromatic N) is 2. The first-order valence-corrected chi connectivity index (χ1v) is 8.21. The molecule has 0 amide bonds. The molecule has 0 radical (unpaired) electrons. The molecule has 0 fully saturated rings. The summed E-state index contributed by atoms with van der Waals surface area (Å²) in [6.45, 7) is 0. The third kappa shape index (κ3) is 4.13. The number of halogens is 2. The standard InChI is InChI=1S/C18H12BrClN2O2/c19-16-10-12(20)11-17(18(16)23)22-21-13-6-8-15(9-7-13)24-14-4-2-1-3-5-14/h1-11,23H. The average molecular weight is 404 g/mol. The molecule has 0 saturated carbocycles. The van der Waals surface area contributed by atoms with Gasteiger partial charge in [0.05, 0.1) is 10.2 Å². The van der Waals surface area contributed by atoms with E-state index in [1.165, 1.54) is 6.07 Å². The summed E-state index contributed by atoms with van der Waals surface area (Å²) in [6.07, 6.45) is 0. The number of phenolic OH excluding ortho intramolecular Hbond substituents is 1. The van der Waals surface area contributed by atoms with Gasteiger partial charge in [0, 0.05) is 5.02 Å². The molecule has 0 atom stereocenters. The van der Waals surface area contributed by atoms with Gasteiger partial charge in [-0.2, -0.15) is 5.11 Å². The van der Waals surface area contributed by atoms with Crippen molar-refractivity contribution < 1.29 is 9.84 Å². The van der Waals surface area contributed by atoms with E-state index in [0.717, 1.165) is 5.75 Å². The van der Waals surface area contributed by atoms with E-state index in [0.29, 0.717) is 26.6 Å². The Labute approximate surface area is 152 Å². The monoisotopic (exact) mass is 402 g/mol. The van der Waals surface area contributed by atoms with Crippen LogP contribution in [0.15, 0.2) is 81.4 Å². The van der Waals surface area contributed by atoms with Gasteiger partial charge in [-0.05, 0) is 64.5 Å². The molecule has 6 heteroatoms. The summed E-state index contributed by atoms with van der Waals surface area (Å²) in [4.78, 5) is 0. The normalized spacial score (nSPS) is 10.9. The van der Waals surface area contributed by atoms with Crippen molar-refractivity contribution >= 4 is 38.9 Å². The van der Waals surface area contributed by atoms with Crippen molar-refractivity contribution in [3.8, 4) is 17.2 Å². The second kappa shape index (κ2) is 7.47. The van der Waals surface area contributed by atoms with Gasteiger partial charge in [0.15, 0.2) is 5.75 Å². The second-order valence-corrected chi connectivity index (χ2v) is 6.16. The third-order valence-electron chi connectivity index (χ3n) is 3.10. The zero-order valence-electron chi connectivity index (χ0n) is 12.4. The number of benzene rings is 3. The zero-order chi connectivity index (χ0) is 16.9. The Morgan fingerprint density at radius 3 is 2.25 bits per heavy atom. The van der Waals surface area contributed by atoms with E-state index in [9.17, 15) is 5.11 Å². The predicted molar refractivity (Wildman–Crippen MR) is 98.0 cm³/mol. The first-order chi connectivity index (χ1) is 11.6. The molecule has 0 aliphatic rings. The highest BCUT2D eigenvalue weighted by Crippen LogP contribution is 2.38. The highest BCUT2D eigenvalue weighted by molar-refractivity contribution is 9.10. The van der Waals surface area contributed by atoms with Crippen molar-refractivity contribution in [3.63, 3.8) is 0 Å². The molecule has 0 saturated heterocycles. The van der Waals surface area contributed by atoms with E-state index < -0.39 is 0 Å². The van der Waals surface area contributed by atoms with Crippen LogP contribution < -0.4 is 4.74 Å². The summed E-state index contributed by atoms with van der Waals surface area (Å²) in [5.74, 6) is 1.46. The van der Waals surface area contributed by atoms with E-state index in [4.69, 9.17) is 16.3 Å². The van der Waals surface area contributed by atoms with Gasteiger partial charge in [-0.3, -0.25) is 0 Å². The van der Waals surface area contributed by atoms with Crippen LogP contribution in [-0.2, 0) is 0 Å². The number of hydrogen-bond acceptors (Lipinski definition) is 4. The number of rotatable bonds is 4. The summed E-state index contributed by atoms with van der Waals surface area (Å²) >= 11 is 9.15. The molecule has 0 unspecified atom stereocenters. The first kappa shape index (κ1) is 16.5. The molecular weight excluding hydrogens is 392 g/mol. The number of azo groups is 1. The summed E-state index contributed by atoms with van der Waals surface area (Å²) in [6, 6.07) is 19.8. The first-order valence-electron chi connectivity index (χ1n) is 7.04. The number of ether oxygens (including phenoxy) is 1. The Morgan fingerprint density at radius 2 is 1.54 bits per heavy atom. The quantitative estimate of drug-likeness (QED) is 0.476. The van der Waals surface area contributed by atoms with Crippen molar-refractivity contribution in [2.75, 3.05) is 0 Å². The number of phenols is 1. The van der Waals surface area contributed by atoms with Crippen molar-refractivity contribution in [2.45, 2.75) is 0 Å². The predicted octanol–water partition coefficient (Wildman–Crippen LogP) is 7.02. The van der Waals surface area contributed by atoms with Crippen molar-refractivity contribution in [3.05, 3.63) is 76.2 Å². The van der Waals surface area contributed by atoms with Crippen LogP contribution in [0, 0.1) is 0 Å². The molecular formula is C18H12BrClN2O2. The van der Waals surface area contributed by atoms with E-state index in [-0.39, 0.29) is 5.75 Å². The largest absolute Gasteiger partial charge is 0.505 e. The minimum absolute atomic E-state index is 0.00724. The summed E-state index contributed by atoms with van der Waals surface area (Å²) < 4.78 is 6.18. The molecule has 0 spiro atoms. The zero-order valence-corrected chi connectivity index (χ0v) is 14.7. The topological polar surface area (TPSA) is 54.2 Å². The van der Waals surface area contributed by atoms with Gasteiger partial charge in [0.1, 0.15) is 17.2 Å². The van der Waals surface area contributed by atoms with E-state index in [1.807, 2.05) is 30.3 Å². The van der Waals surface area contributed by atoms with Crippen LogP contribution in [0.5, 0.6) is 17.2 Å². The van der Waals surface area contributed by atoms with Crippen LogP contribution in [0.3, 0.4) is 0 Å². The van der Waals surface area contributed by atoms with Crippen LogP contribution in [0.4, 0.5) is 11.4 Å². The molecule has 0 aromatic heterocycles. The molecule has 120 valence electrons. The lowest BCUT2D eigenvalue weighted by atomic mass is 10.3. The summed E-state index contributed by atoms with van der Waals surface area (Å²) in [7, 11) is 0.